The van der Waals surface area contributed by atoms with Crippen LogP contribution in [-0.2, 0) is 6.42 Å². The third-order valence-corrected chi connectivity index (χ3v) is 5.27. The van der Waals surface area contributed by atoms with Crippen LogP contribution in [0.4, 0.5) is 0 Å². The van der Waals surface area contributed by atoms with Crippen LogP contribution < -0.4 is 5.32 Å². The zero-order chi connectivity index (χ0) is 13.8. The second-order valence-electron chi connectivity index (χ2n) is 6.70. The van der Waals surface area contributed by atoms with Crippen molar-refractivity contribution >= 4 is 0 Å². The summed E-state index contributed by atoms with van der Waals surface area (Å²) in [7, 11) is 0. The standard InChI is InChI=1S/C18H28N2/c1-14(15-8-4-2-3-5-9-15)20-17-12-6-10-16-11-7-13-19-18(16)17/h7,11,13-15,17,20H,2-6,8-10,12H2,1H3/t14-,17?/m1/s1. The molecule has 0 radical (unpaired) electrons. The van der Waals surface area contributed by atoms with E-state index < -0.39 is 0 Å². The maximum atomic E-state index is 4.65. The van der Waals surface area contributed by atoms with Gasteiger partial charge in [-0.05, 0) is 56.6 Å². The van der Waals surface area contributed by atoms with Crippen molar-refractivity contribution in [3.8, 4) is 0 Å². The average Bonchev–Trinajstić information content (AvgIpc) is 2.77. The lowest BCUT2D eigenvalue weighted by Gasteiger charge is -2.31. The summed E-state index contributed by atoms with van der Waals surface area (Å²) < 4.78 is 0. The van der Waals surface area contributed by atoms with E-state index in [1.54, 1.807) is 0 Å². The van der Waals surface area contributed by atoms with E-state index in [9.17, 15) is 0 Å². The second kappa shape index (κ2) is 6.71. The molecule has 3 rings (SSSR count). The molecule has 2 nitrogen and oxygen atoms in total. The van der Waals surface area contributed by atoms with Gasteiger partial charge >= 0.3 is 0 Å². The van der Waals surface area contributed by atoms with E-state index in [1.807, 2.05) is 6.20 Å². The van der Waals surface area contributed by atoms with Crippen molar-refractivity contribution in [3.63, 3.8) is 0 Å². The number of hydrogen-bond donors (Lipinski definition) is 1. The molecule has 1 aromatic rings. The Morgan fingerprint density at radius 2 is 1.90 bits per heavy atom. The van der Waals surface area contributed by atoms with Crippen LogP contribution in [0, 0.1) is 5.92 Å². The maximum absolute atomic E-state index is 4.65. The predicted octanol–water partition coefficient (Wildman–Crippen LogP) is 4.41. The molecule has 1 N–H and O–H groups in total. The summed E-state index contributed by atoms with van der Waals surface area (Å²) in [6.45, 7) is 2.40. The number of nitrogens with zero attached hydrogens (tertiary/aromatic N) is 1. The third-order valence-electron chi connectivity index (χ3n) is 5.27. The smallest absolute Gasteiger partial charge is 0.0605 e. The molecule has 0 bridgehead atoms. The molecule has 1 fully saturated rings. The number of nitrogens with one attached hydrogen (secondary N) is 1. The largest absolute Gasteiger partial charge is 0.306 e. The van der Waals surface area contributed by atoms with Crippen LogP contribution in [0.3, 0.4) is 0 Å². The monoisotopic (exact) mass is 272 g/mol. The Balaban J connectivity index is 1.65. The molecule has 0 amide bonds. The second-order valence-corrected chi connectivity index (χ2v) is 6.70. The Hall–Kier alpha value is -0.890. The van der Waals surface area contributed by atoms with Gasteiger partial charge in [0.05, 0.1) is 5.69 Å². The highest BCUT2D eigenvalue weighted by molar-refractivity contribution is 5.25. The molecule has 1 aromatic heterocycles. The van der Waals surface area contributed by atoms with Gasteiger partial charge in [0.25, 0.3) is 0 Å². The average molecular weight is 272 g/mol. The van der Waals surface area contributed by atoms with Crippen LogP contribution in [0.2, 0.25) is 0 Å². The van der Waals surface area contributed by atoms with Gasteiger partial charge in [0, 0.05) is 18.3 Å². The lowest BCUT2D eigenvalue weighted by Crippen LogP contribution is -2.38. The fraction of sp³-hybridized carbons (Fsp3) is 0.722. The van der Waals surface area contributed by atoms with Gasteiger partial charge in [0.1, 0.15) is 0 Å². The predicted molar refractivity (Wildman–Crippen MR) is 83.7 cm³/mol. The van der Waals surface area contributed by atoms with Crippen LogP contribution >= 0.6 is 0 Å². The summed E-state index contributed by atoms with van der Waals surface area (Å²) in [6.07, 6.45) is 14.3. The highest BCUT2D eigenvalue weighted by Gasteiger charge is 2.26. The summed E-state index contributed by atoms with van der Waals surface area (Å²) in [4.78, 5) is 4.65. The van der Waals surface area contributed by atoms with E-state index in [0.29, 0.717) is 12.1 Å². The van der Waals surface area contributed by atoms with Crippen molar-refractivity contribution in [3.05, 3.63) is 29.6 Å². The van der Waals surface area contributed by atoms with Gasteiger partial charge in [-0.1, -0.05) is 31.7 Å². The highest BCUT2D eigenvalue weighted by Crippen LogP contribution is 2.31. The lowest BCUT2D eigenvalue weighted by atomic mass is 9.88. The molecule has 20 heavy (non-hydrogen) atoms. The number of fused-ring (bicyclic) bond motifs is 1. The van der Waals surface area contributed by atoms with Gasteiger partial charge in [-0.3, -0.25) is 4.98 Å². The molecular formula is C18H28N2. The van der Waals surface area contributed by atoms with Gasteiger partial charge in [-0.2, -0.15) is 0 Å². The minimum absolute atomic E-state index is 0.484. The topological polar surface area (TPSA) is 24.9 Å². The molecule has 2 aliphatic carbocycles. The summed E-state index contributed by atoms with van der Waals surface area (Å²) in [5, 5.41) is 3.91. The van der Waals surface area contributed by atoms with Crippen LogP contribution in [0.15, 0.2) is 18.3 Å². The van der Waals surface area contributed by atoms with E-state index in [0.717, 1.165) is 5.92 Å². The lowest BCUT2D eigenvalue weighted by molar-refractivity contribution is 0.294. The summed E-state index contributed by atoms with van der Waals surface area (Å²) in [5.41, 5.74) is 2.78. The van der Waals surface area contributed by atoms with Crippen molar-refractivity contribution < 1.29 is 0 Å². The van der Waals surface area contributed by atoms with Gasteiger partial charge < -0.3 is 5.32 Å². The van der Waals surface area contributed by atoms with E-state index in [2.05, 4.69) is 29.4 Å². The fourth-order valence-electron chi connectivity index (χ4n) is 4.04. The zero-order valence-corrected chi connectivity index (χ0v) is 12.8. The Labute approximate surface area is 123 Å². The summed E-state index contributed by atoms with van der Waals surface area (Å²) >= 11 is 0. The van der Waals surface area contributed by atoms with Crippen molar-refractivity contribution in [1.29, 1.82) is 0 Å². The highest BCUT2D eigenvalue weighted by atomic mass is 15.0. The van der Waals surface area contributed by atoms with Crippen LogP contribution in [-0.4, -0.2) is 11.0 Å². The number of hydrogen-bond acceptors (Lipinski definition) is 2. The molecule has 110 valence electrons. The minimum Gasteiger partial charge on any atom is -0.306 e. The summed E-state index contributed by atoms with van der Waals surface area (Å²) in [6, 6.07) is 5.45. The molecule has 1 unspecified atom stereocenters. The molecular weight excluding hydrogens is 244 g/mol. The number of rotatable bonds is 3. The molecule has 0 aliphatic heterocycles. The SMILES string of the molecule is C[C@@H](NC1CCCc2cccnc21)C1CCCCCC1. The van der Waals surface area contributed by atoms with Crippen LogP contribution in [0.25, 0.3) is 0 Å². The molecule has 1 saturated carbocycles. The molecule has 0 aromatic carbocycles. The maximum Gasteiger partial charge on any atom is 0.0605 e. The van der Waals surface area contributed by atoms with Crippen molar-refractivity contribution in [1.82, 2.24) is 10.3 Å². The molecule has 2 atom stereocenters. The Kier molecular flexibility index (Phi) is 4.72. The minimum atomic E-state index is 0.484. The molecule has 0 spiro atoms. The van der Waals surface area contributed by atoms with Gasteiger partial charge in [-0.15, -0.1) is 0 Å². The number of aryl methyl sites for hydroxylation is 1. The number of aromatic nitrogens is 1. The van der Waals surface area contributed by atoms with E-state index in [-0.39, 0.29) is 0 Å². The van der Waals surface area contributed by atoms with E-state index >= 15 is 0 Å². The molecule has 1 heterocycles. The first-order valence-electron chi connectivity index (χ1n) is 8.54. The summed E-state index contributed by atoms with van der Waals surface area (Å²) in [5.74, 6) is 0.867. The molecule has 0 saturated heterocycles. The van der Waals surface area contributed by atoms with E-state index in [4.69, 9.17) is 0 Å². The Bertz CT molecular complexity index is 421. The third kappa shape index (κ3) is 3.22. The Morgan fingerprint density at radius 1 is 1.10 bits per heavy atom. The number of pyridine rings is 1. The van der Waals surface area contributed by atoms with Gasteiger partial charge in [0.15, 0.2) is 0 Å². The normalized spacial score (nSPS) is 25.8. The van der Waals surface area contributed by atoms with Gasteiger partial charge in [0.2, 0.25) is 0 Å². The van der Waals surface area contributed by atoms with Crippen molar-refractivity contribution in [2.24, 2.45) is 5.92 Å². The quantitative estimate of drug-likeness (QED) is 0.825. The van der Waals surface area contributed by atoms with Crippen LogP contribution in [0.1, 0.15) is 75.6 Å². The fourth-order valence-corrected chi connectivity index (χ4v) is 4.04. The van der Waals surface area contributed by atoms with Crippen molar-refractivity contribution in [2.75, 3.05) is 0 Å². The first-order chi connectivity index (χ1) is 9.84. The van der Waals surface area contributed by atoms with Gasteiger partial charge in [-0.25, -0.2) is 0 Å². The van der Waals surface area contributed by atoms with E-state index in [1.165, 1.54) is 69.0 Å². The molecule has 2 aliphatic rings. The Morgan fingerprint density at radius 3 is 2.70 bits per heavy atom. The van der Waals surface area contributed by atoms with Crippen LogP contribution in [0.5, 0.6) is 0 Å². The first-order valence-corrected chi connectivity index (χ1v) is 8.54. The first kappa shape index (κ1) is 14.1. The molecule has 2 heteroatoms. The zero-order valence-electron chi connectivity index (χ0n) is 12.8. The van der Waals surface area contributed by atoms with Crippen molar-refractivity contribution in [2.45, 2.75) is 76.8 Å².